The van der Waals surface area contributed by atoms with Crippen molar-refractivity contribution in [3.8, 4) is 11.5 Å². The molecular weight excluding hydrogens is 336 g/mol. The number of ether oxygens (including phenoxy) is 2. The zero-order chi connectivity index (χ0) is 18.4. The van der Waals surface area contributed by atoms with Crippen LogP contribution in [0.25, 0.3) is 6.08 Å². The lowest BCUT2D eigenvalue weighted by Gasteiger charge is -2.12. The lowest BCUT2D eigenvalue weighted by Crippen LogP contribution is -2.05. The van der Waals surface area contributed by atoms with E-state index < -0.39 is 17.3 Å². The highest BCUT2D eigenvalue weighted by Crippen LogP contribution is 2.33. The second-order valence-electron chi connectivity index (χ2n) is 4.73. The fraction of sp³-hybridized carbons (Fsp3) is 0.118. The smallest absolute Gasteiger partial charge is 0.387 e. The number of para-hydroxylation sites is 2. The van der Waals surface area contributed by atoms with Gasteiger partial charge in [0.2, 0.25) is 0 Å². The summed E-state index contributed by atoms with van der Waals surface area (Å²) in [5, 5.41) is 11.0. The first kappa shape index (κ1) is 18.1. The molecule has 0 radical (unpaired) electrons. The average Bonchev–Trinajstić information content (AvgIpc) is 2.59. The zero-order valence-electron chi connectivity index (χ0n) is 13.0. The van der Waals surface area contributed by atoms with Crippen molar-refractivity contribution in [1.29, 1.82) is 0 Å². The van der Waals surface area contributed by atoms with E-state index in [1.165, 1.54) is 55.7 Å². The van der Waals surface area contributed by atoms with Gasteiger partial charge in [-0.25, -0.2) is 0 Å². The first-order valence-electron chi connectivity index (χ1n) is 7.01. The molecule has 0 aliphatic carbocycles. The van der Waals surface area contributed by atoms with E-state index in [2.05, 4.69) is 4.74 Å². The Kier molecular flexibility index (Phi) is 5.78. The number of benzene rings is 2. The van der Waals surface area contributed by atoms with Crippen LogP contribution in [0.5, 0.6) is 11.5 Å². The van der Waals surface area contributed by atoms with Gasteiger partial charge in [-0.2, -0.15) is 8.78 Å². The number of nitro groups is 1. The normalized spacial score (nSPS) is 10.9. The summed E-state index contributed by atoms with van der Waals surface area (Å²) in [6.45, 7) is -3.07. The Morgan fingerprint density at radius 1 is 1.20 bits per heavy atom. The van der Waals surface area contributed by atoms with Gasteiger partial charge in [-0.15, -0.1) is 0 Å². The number of carbonyl (C=O) groups is 1. The maximum absolute atomic E-state index is 12.6. The molecule has 0 N–H and O–H groups in total. The minimum atomic E-state index is -3.07. The van der Waals surface area contributed by atoms with Gasteiger partial charge in [0.15, 0.2) is 17.3 Å². The second kappa shape index (κ2) is 8.00. The fourth-order valence-corrected chi connectivity index (χ4v) is 2.14. The Bertz CT molecular complexity index is 820. The van der Waals surface area contributed by atoms with E-state index in [1.54, 1.807) is 0 Å². The molecule has 2 aromatic carbocycles. The van der Waals surface area contributed by atoms with Crippen LogP contribution in [0.15, 0.2) is 48.5 Å². The molecule has 0 unspecified atom stereocenters. The van der Waals surface area contributed by atoms with E-state index in [9.17, 15) is 23.7 Å². The number of methoxy groups -OCH3 is 1. The summed E-state index contributed by atoms with van der Waals surface area (Å²) >= 11 is 0. The molecule has 8 heteroatoms. The van der Waals surface area contributed by atoms with Gasteiger partial charge in [-0.05, 0) is 24.3 Å². The predicted octanol–water partition coefficient (Wildman–Crippen LogP) is 4.10. The number of nitrogens with zero attached hydrogens (tertiary/aromatic N) is 1. The van der Waals surface area contributed by atoms with Crippen molar-refractivity contribution in [2.75, 3.05) is 7.11 Å². The number of ketones is 1. The lowest BCUT2D eigenvalue weighted by atomic mass is 10.1. The fourth-order valence-electron chi connectivity index (χ4n) is 2.14. The molecule has 0 atom stereocenters. The highest BCUT2D eigenvalue weighted by atomic mass is 19.3. The minimum Gasteiger partial charge on any atom is -0.493 e. The standard InChI is InChI=1S/C17H13F2NO5/c1-24-15-8-4-5-11(16(15)25-17(18)19)9-10-14(21)12-6-2-3-7-13(12)20(22)23/h2-10,17H,1H3/b10-9+. The monoisotopic (exact) mass is 349 g/mol. The summed E-state index contributed by atoms with van der Waals surface area (Å²) in [5.41, 5.74) is -0.276. The predicted molar refractivity (Wildman–Crippen MR) is 86.1 cm³/mol. The molecule has 0 heterocycles. The van der Waals surface area contributed by atoms with Crippen LogP contribution in [0.1, 0.15) is 15.9 Å². The Hall–Kier alpha value is -3.29. The van der Waals surface area contributed by atoms with Crippen LogP contribution >= 0.6 is 0 Å². The van der Waals surface area contributed by atoms with Crippen molar-refractivity contribution in [1.82, 2.24) is 0 Å². The number of nitro benzene ring substituents is 1. The van der Waals surface area contributed by atoms with Gasteiger partial charge in [0, 0.05) is 11.6 Å². The SMILES string of the molecule is COc1cccc(/C=C/C(=O)c2ccccc2[N+](=O)[O-])c1OC(F)F. The van der Waals surface area contributed by atoms with Crippen LogP contribution < -0.4 is 9.47 Å². The number of alkyl halides is 2. The summed E-state index contributed by atoms with van der Waals surface area (Å²) in [5.74, 6) is -0.801. The van der Waals surface area contributed by atoms with Crippen molar-refractivity contribution >= 4 is 17.5 Å². The number of hydrogen-bond acceptors (Lipinski definition) is 5. The van der Waals surface area contributed by atoms with Gasteiger partial charge in [-0.1, -0.05) is 24.3 Å². The minimum absolute atomic E-state index is 0.0700. The van der Waals surface area contributed by atoms with Gasteiger partial charge in [0.1, 0.15) is 0 Å². The number of allylic oxidation sites excluding steroid dienone is 1. The Balaban J connectivity index is 2.36. The summed E-state index contributed by atoms with van der Waals surface area (Å²) in [7, 11) is 1.29. The number of halogens is 2. The molecule has 0 bridgehead atoms. The van der Waals surface area contributed by atoms with Crippen LogP contribution in [0, 0.1) is 10.1 Å². The van der Waals surface area contributed by atoms with Crippen LogP contribution in [-0.4, -0.2) is 24.4 Å². The van der Waals surface area contributed by atoms with Gasteiger partial charge >= 0.3 is 6.61 Å². The molecule has 0 aliphatic heterocycles. The van der Waals surface area contributed by atoms with E-state index in [0.717, 1.165) is 6.08 Å². The molecule has 130 valence electrons. The largest absolute Gasteiger partial charge is 0.493 e. The summed E-state index contributed by atoms with van der Waals surface area (Å²) in [4.78, 5) is 22.5. The molecule has 25 heavy (non-hydrogen) atoms. The highest BCUT2D eigenvalue weighted by Gasteiger charge is 2.18. The Labute approximate surface area is 141 Å². The molecular formula is C17H13F2NO5. The van der Waals surface area contributed by atoms with E-state index in [-0.39, 0.29) is 28.3 Å². The van der Waals surface area contributed by atoms with Crippen molar-refractivity contribution in [2.24, 2.45) is 0 Å². The van der Waals surface area contributed by atoms with Crippen LogP contribution in [-0.2, 0) is 0 Å². The molecule has 0 aromatic heterocycles. The van der Waals surface area contributed by atoms with E-state index in [0.29, 0.717) is 0 Å². The summed E-state index contributed by atoms with van der Waals surface area (Å²) in [6, 6.07) is 9.86. The maximum Gasteiger partial charge on any atom is 0.387 e. The Morgan fingerprint density at radius 3 is 2.56 bits per heavy atom. The van der Waals surface area contributed by atoms with Gasteiger partial charge in [0.05, 0.1) is 17.6 Å². The third-order valence-corrected chi connectivity index (χ3v) is 3.22. The van der Waals surface area contributed by atoms with Gasteiger partial charge in [-0.3, -0.25) is 14.9 Å². The van der Waals surface area contributed by atoms with E-state index in [4.69, 9.17) is 4.74 Å². The topological polar surface area (TPSA) is 78.7 Å². The van der Waals surface area contributed by atoms with E-state index in [1.807, 2.05) is 0 Å². The molecule has 6 nitrogen and oxygen atoms in total. The van der Waals surface area contributed by atoms with Crippen molar-refractivity contribution in [2.45, 2.75) is 6.61 Å². The highest BCUT2D eigenvalue weighted by molar-refractivity contribution is 6.09. The first-order valence-corrected chi connectivity index (χ1v) is 7.01. The van der Waals surface area contributed by atoms with Crippen LogP contribution in [0.3, 0.4) is 0 Å². The average molecular weight is 349 g/mol. The van der Waals surface area contributed by atoms with Crippen molar-refractivity contribution in [3.05, 3.63) is 69.8 Å². The molecule has 0 saturated carbocycles. The second-order valence-corrected chi connectivity index (χ2v) is 4.73. The third-order valence-electron chi connectivity index (χ3n) is 3.22. The number of rotatable bonds is 7. The quantitative estimate of drug-likeness (QED) is 0.325. The number of carbonyl (C=O) groups excluding carboxylic acids is 1. The van der Waals surface area contributed by atoms with Crippen LogP contribution in [0.2, 0.25) is 0 Å². The third kappa shape index (κ3) is 4.37. The lowest BCUT2D eigenvalue weighted by molar-refractivity contribution is -0.385. The van der Waals surface area contributed by atoms with E-state index >= 15 is 0 Å². The Morgan fingerprint density at radius 2 is 1.92 bits per heavy atom. The molecule has 0 aliphatic rings. The summed E-state index contributed by atoms with van der Waals surface area (Å²) in [6.07, 6.45) is 2.29. The van der Waals surface area contributed by atoms with Gasteiger partial charge in [0.25, 0.3) is 5.69 Å². The molecule has 0 amide bonds. The molecule has 0 saturated heterocycles. The first-order chi connectivity index (χ1) is 11.9. The molecule has 2 rings (SSSR count). The van der Waals surface area contributed by atoms with Gasteiger partial charge < -0.3 is 9.47 Å². The molecule has 0 spiro atoms. The van der Waals surface area contributed by atoms with Crippen molar-refractivity contribution in [3.63, 3.8) is 0 Å². The zero-order valence-corrected chi connectivity index (χ0v) is 13.0. The van der Waals surface area contributed by atoms with Crippen molar-refractivity contribution < 1.29 is 28.0 Å². The molecule has 2 aromatic rings. The maximum atomic E-state index is 12.6. The number of hydrogen-bond donors (Lipinski definition) is 0. The summed E-state index contributed by atoms with van der Waals surface area (Å²) < 4.78 is 34.6. The van der Waals surface area contributed by atoms with Crippen LogP contribution in [0.4, 0.5) is 14.5 Å². The molecule has 0 fully saturated rings.